The molecule has 0 aliphatic carbocycles. The van der Waals surface area contributed by atoms with E-state index in [1.807, 2.05) is 30.3 Å². The van der Waals surface area contributed by atoms with Crippen LogP contribution in [0, 0.1) is 12.7 Å². The minimum absolute atomic E-state index is 0.0452. The predicted octanol–water partition coefficient (Wildman–Crippen LogP) is 7.65. The number of Topliss-reactive ketones (excluding diaryl/α,β-unsaturated/α-hetero) is 1. The number of amides is 1. The first-order chi connectivity index (χ1) is 18.8. The molecule has 39 heavy (non-hydrogen) atoms. The zero-order chi connectivity index (χ0) is 27.7. The van der Waals surface area contributed by atoms with Gasteiger partial charge in [0, 0.05) is 16.8 Å². The number of carbonyl (C=O) groups excluding carboxylic acids is 2. The van der Waals surface area contributed by atoms with Crippen molar-refractivity contribution in [3.63, 3.8) is 0 Å². The van der Waals surface area contributed by atoms with Gasteiger partial charge in [0.2, 0.25) is 0 Å². The second-order valence-corrected chi connectivity index (χ2v) is 9.86. The largest absolute Gasteiger partial charge is 0.507 e. The van der Waals surface area contributed by atoms with Gasteiger partial charge in [-0.05, 0) is 60.5 Å². The molecular weight excluding hydrogens is 540 g/mol. The van der Waals surface area contributed by atoms with Gasteiger partial charge in [0.15, 0.2) is 0 Å². The highest BCUT2D eigenvalue weighted by molar-refractivity contribution is 6.52. The minimum atomic E-state index is -1.24. The number of ketones is 1. The summed E-state index contributed by atoms with van der Waals surface area (Å²) in [6.07, 6.45) is 0. The van der Waals surface area contributed by atoms with Crippen LogP contribution in [0.1, 0.15) is 28.3 Å². The first-order valence-corrected chi connectivity index (χ1v) is 12.8. The van der Waals surface area contributed by atoms with E-state index in [1.54, 1.807) is 31.2 Å². The van der Waals surface area contributed by atoms with E-state index in [-0.39, 0.29) is 32.4 Å². The van der Waals surface area contributed by atoms with Gasteiger partial charge in [0.25, 0.3) is 11.7 Å². The van der Waals surface area contributed by atoms with Crippen LogP contribution in [0.4, 0.5) is 10.1 Å². The summed E-state index contributed by atoms with van der Waals surface area (Å²) in [5.74, 6) is -2.35. The molecule has 196 valence electrons. The molecule has 1 amide bonds. The Morgan fingerprint density at radius 2 is 1.64 bits per heavy atom. The number of rotatable bonds is 6. The Morgan fingerprint density at radius 1 is 0.923 bits per heavy atom. The maximum Gasteiger partial charge on any atom is 0.300 e. The normalized spacial score (nSPS) is 16.5. The lowest BCUT2D eigenvalue weighted by Crippen LogP contribution is -2.29. The molecule has 1 N–H and O–H groups in total. The topological polar surface area (TPSA) is 66.8 Å². The average Bonchev–Trinajstić information content (AvgIpc) is 3.19. The van der Waals surface area contributed by atoms with Crippen molar-refractivity contribution in [1.29, 1.82) is 0 Å². The molecule has 0 saturated carbocycles. The van der Waals surface area contributed by atoms with Gasteiger partial charge in [-0.15, -0.1) is 0 Å². The van der Waals surface area contributed by atoms with E-state index < -0.39 is 29.3 Å². The SMILES string of the molecule is Cc1cc(/C(O)=C2\C(=O)C(=O)N(c3ccc(Cl)c(Cl)c3)C2c2ccccc2F)ccc1OCc1ccccc1. The third-order valence-corrected chi connectivity index (χ3v) is 7.25. The fourth-order valence-electron chi connectivity index (χ4n) is 4.57. The molecule has 0 aromatic heterocycles. The summed E-state index contributed by atoms with van der Waals surface area (Å²) in [7, 11) is 0. The van der Waals surface area contributed by atoms with Crippen molar-refractivity contribution < 1.29 is 23.8 Å². The molecule has 5 nitrogen and oxygen atoms in total. The quantitative estimate of drug-likeness (QED) is 0.149. The van der Waals surface area contributed by atoms with E-state index in [9.17, 15) is 14.7 Å². The second kappa shape index (κ2) is 10.9. The van der Waals surface area contributed by atoms with Gasteiger partial charge in [-0.25, -0.2) is 4.39 Å². The molecule has 1 unspecified atom stereocenters. The average molecular weight is 562 g/mol. The van der Waals surface area contributed by atoms with Crippen molar-refractivity contribution in [3.8, 4) is 5.75 Å². The van der Waals surface area contributed by atoms with Crippen LogP contribution in [-0.2, 0) is 16.2 Å². The highest BCUT2D eigenvalue weighted by atomic mass is 35.5. The summed E-state index contributed by atoms with van der Waals surface area (Å²) in [5.41, 5.74) is 2.03. The maximum absolute atomic E-state index is 15.1. The molecule has 4 aromatic carbocycles. The van der Waals surface area contributed by atoms with Gasteiger partial charge in [0.1, 0.15) is 23.9 Å². The van der Waals surface area contributed by atoms with Gasteiger partial charge in [-0.1, -0.05) is 71.7 Å². The molecule has 1 atom stereocenters. The molecule has 1 aliphatic rings. The molecule has 0 spiro atoms. The molecule has 5 rings (SSSR count). The molecule has 0 bridgehead atoms. The van der Waals surface area contributed by atoms with Crippen LogP contribution < -0.4 is 9.64 Å². The number of ether oxygens (including phenoxy) is 1. The van der Waals surface area contributed by atoms with Crippen molar-refractivity contribution >= 4 is 46.3 Å². The van der Waals surface area contributed by atoms with E-state index in [2.05, 4.69) is 0 Å². The Labute approximate surface area is 234 Å². The summed E-state index contributed by atoms with van der Waals surface area (Å²) >= 11 is 12.2. The van der Waals surface area contributed by atoms with Gasteiger partial charge in [0.05, 0.1) is 21.7 Å². The number of aryl methyl sites for hydroxylation is 1. The second-order valence-electron chi connectivity index (χ2n) is 9.04. The Hall–Kier alpha value is -4.13. The number of hydrogen-bond acceptors (Lipinski definition) is 4. The lowest BCUT2D eigenvalue weighted by molar-refractivity contribution is -0.132. The molecule has 8 heteroatoms. The fraction of sp³-hybridized carbons (Fsp3) is 0.0968. The van der Waals surface area contributed by atoms with Crippen LogP contribution in [0.2, 0.25) is 10.0 Å². The zero-order valence-corrected chi connectivity index (χ0v) is 22.2. The van der Waals surface area contributed by atoms with Crippen molar-refractivity contribution in [3.05, 3.63) is 135 Å². The van der Waals surface area contributed by atoms with Crippen molar-refractivity contribution in [2.24, 2.45) is 0 Å². The molecule has 0 radical (unpaired) electrons. The van der Waals surface area contributed by atoms with Crippen LogP contribution >= 0.6 is 23.2 Å². The Balaban J connectivity index is 1.58. The molecule has 1 heterocycles. The summed E-state index contributed by atoms with van der Waals surface area (Å²) < 4.78 is 21.0. The highest BCUT2D eigenvalue weighted by Gasteiger charge is 2.48. The summed E-state index contributed by atoms with van der Waals surface area (Å²) in [6, 6.07) is 23.6. The number of halogens is 3. The fourth-order valence-corrected chi connectivity index (χ4v) is 4.87. The number of aliphatic hydroxyl groups is 1. The lowest BCUT2D eigenvalue weighted by atomic mass is 9.94. The monoisotopic (exact) mass is 561 g/mol. The van der Waals surface area contributed by atoms with Gasteiger partial charge in [-0.3, -0.25) is 14.5 Å². The van der Waals surface area contributed by atoms with E-state index in [1.165, 1.54) is 36.4 Å². The first kappa shape index (κ1) is 26.5. The van der Waals surface area contributed by atoms with Crippen molar-refractivity contribution in [1.82, 2.24) is 0 Å². The van der Waals surface area contributed by atoms with Crippen LogP contribution in [-0.4, -0.2) is 16.8 Å². The molecule has 1 aliphatic heterocycles. The zero-order valence-electron chi connectivity index (χ0n) is 20.7. The predicted molar refractivity (Wildman–Crippen MR) is 150 cm³/mol. The number of hydrogen-bond donors (Lipinski definition) is 1. The number of benzene rings is 4. The molecule has 4 aromatic rings. The third kappa shape index (κ3) is 5.13. The van der Waals surface area contributed by atoms with Crippen LogP contribution in [0.5, 0.6) is 5.75 Å². The van der Waals surface area contributed by atoms with Crippen molar-refractivity contribution in [2.45, 2.75) is 19.6 Å². The summed E-state index contributed by atoms with van der Waals surface area (Å²) in [6.45, 7) is 2.16. The van der Waals surface area contributed by atoms with Gasteiger partial charge in [-0.2, -0.15) is 0 Å². The van der Waals surface area contributed by atoms with Crippen LogP contribution in [0.3, 0.4) is 0 Å². The van der Waals surface area contributed by atoms with E-state index in [4.69, 9.17) is 27.9 Å². The van der Waals surface area contributed by atoms with Crippen molar-refractivity contribution in [2.75, 3.05) is 4.90 Å². The molecular formula is C31H22Cl2FNO4. The Morgan fingerprint density at radius 3 is 2.33 bits per heavy atom. The number of anilines is 1. The summed E-state index contributed by atoms with van der Waals surface area (Å²) in [5, 5.41) is 11.8. The van der Waals surface area contributed by atoms with E-state index >= 15 is 4.39 Å². The van der Waals surface area contributed by atoms with Crippen LogP contribution in [0.25, 0.3) is 5.76 Å². The molecule has 1 saturated heterocycles. The number of carbonyl (C=O) groups is 2. The summed E-state index contributed by atoms with van der Waals surface area (Å²) in [4.78, 5) is 27.8. The van der Waals surface area contributed by atoms with Crippen LogP contribution in [0.15, 0.2) is 96.6 Å². The Kier molecular flexibility index (Phi) is 7.42. The van der Waals surface area contributed by atoms with Gasteiger partial charge >= 0.3 is 0 Å². The molecule has 1 fully saturated rings. The minimum Gasteiger partial charge on any atom is -0.507 e. The van der Waals surface area contributed by atoms with E-state index in [0.717, 1.165) is 10.5 Å². The smallest absolute Gasteiger partial charge is 0.300 e. The standard InChI is InChI=1S/C31H22Cl2FNO4/c1-18-15-20(11-14-26(18)39-17-19-7-3-2-4-8-19)29(36)27-28(22-9-5-6-10-25(22)34)35(31(38)30(27)37)21-12-13-23(32)24(33)16-21/h2-16,28,36H,17H2,1H3/b29-27+. The number of aliphatic hydroxyl groups excluding tert-OH is 1. The first-order valence-electron chi connectivity index (χ1n) is 12.0. The Bertz CT molecular complexity index is 1620. The highest BCUT2D eigenvalue weighted by Crippen LogP contribution is 2.44. The third-order valence-electron chi connectivity index (χ3n) is 6.51. The number of nitrogens with zero attached hydrogens (tertiary/aromatic N) is 1. The lowest BCUT2D eigenvalue weighted by Gasteiger charge is -2.26. The van der Waals surface area contributed by atoms with Gasteiger partial charge < -0.3 is 9.84 Å². The maximum atomic E-state index is 15.1. The van der Waals surface area contributed by atoms with E-state index in [0.29, 0.717) is 17.9 Å².